The Morgan fingerprint density at radius 1 is 1.04 bits per heavy atom. The highest BCUT2D eigenvalue weighted by Crippen LogP contribution is 2.24. The number of carbonyl (C=O) groups is 1. The van der Waals surface area contributed by atoms with Crippen LogP contribution in [0.2, 0.25) is 0 Å². The second-order valence-corrected chi connectivity index (χ2v) is 7.54. The van der Waals surface area contributed by atoms with E-state index in [1.54, 1.807) is 6.07 Å². The van der Waals surface area contributed by atoms with Crippen LogP contribution in [0.25, 0.3) is 0 Å². The quantitative estimate of drug-likeness (QED) is 0.740. The summed E-state index contributed by atoms with van der Waals surface area (Å²) in [6, 6.07) is 15.3. The fourth-order valence-corrected chi connectivity index (χ4v) is 2.49. The first kappa shape index (κ1) is 19.8. The second kappa shape index (κ2) is 8.75. The largest absolute Gasteiger partial charge is 0.492 e. The van der Waals surface area contributed by atoms with E-state index in [0.717, 1.165) is 5.75 Å². The molecule has 0 atom stereocenters. The highest BCUT2D eigenvalue weighted by Gasteiger charge is 2.14. The van der Waals surface area contributed by atoms with Gasteiger partial charge in [0.2, 0.25) is 0 Å². The van der Waals surface area contributed by atoms with Gasteiger partial charge in [0.1, 0.15) is 18.1 Å². The molecule has 1 N–H and O–H groups in total. The van der Waals surface area contributed by atoms with Crippen LogP contribution in [0.4, 0.5) is 0 Å². The summed E-state index contributed by atoms with van der Waals surface area (Å²) >= 11 is 0. The van der Waals surface area contributed by atoms with Gasteiger partial charge in [-0.3, -0.25) is 4.79 Å². The van der Waals surface area contributed by atoms with Crippen molar-refractivity contribution in [2.24, 2.45) is 0 Å². The molecule has 140 valence electrons. The smallest absolute Gasteiger partial charge is 0.255 e. The average molecular weight is 355 g/mol. The molecule has 0 aliphatic heterocycles. The lowest BCUT2D eigenvalue weighted by atomic mass is 9.87. The van der Waals surface area contributed by atoms with Crippen molar-refractivity contribution < 1.29 is 14.3 Å². The topological polar surface area (TPSA) is 47.6 Å². The van der Waals surface area contributed by atoms with Crippen molar-refractivity contribution >= 4 is 5.91 Å². The Morgan fingerprint density at radius 2 is 1.69 bits per heavy atom. The summed E-state index contributed by atoms with van der Waals surface area (Å²) in [5.74, 6) is 1.24. The normalized spacial score (nSPS) is 11.3. The van der Waals surface area contributed by atoms with E-state index >= 15 is 0 Å². The van der Waals surface area contributed by atoms with Crippen molar-refractivity contribution in [3.8, 4) is 11.5 Å². The zero-order chi connectivity index (χ0) is 19.2. The number of rotatable bonds is 7. The van der Waals surface area contributed by atoms with Gasteiger partial charge < -0.3 is 14.8 Å². The van der Waals surface area contributed by atoms with E-state index in [4.69, 9.17) is 9.47 Å². The fourth-order valence-electron chi connectivity index (χ4n) is 2.49. The number of hydrogen-bond donors (Lipinski definition) is 1. The van der Waals surface area contributed by atoms with Gasteiger partial charge in [-0.2, -0.15) is 0 Å². The summed E-state index contributed by atoms with van der Waals surface area (Å²) in [7, 11) is 0. The molecular formula is C22H29NO3. The first-order valence-corrected chi connectivity index (χ1v) is 9.04. The number of carbonyl (C=O) groups excluding carboxylic acids is 1. The summed E-state index contributed by atoms with van der Waals surface area (Å²) in [4.78, 5) is 12.4. The summed E-state index contributed by atoms with van der Waals surface area (Å²) in [6.45, 7) is 11.3. The van der Waals surface area contributed by atoms with Gasteiger partial charge >= 0.3 is 0 Å². The fraction of sp³-hybridized carbons (Fsp3) is 0.409. The van der Waals surface area contributed by atoms with Crippen molar-refractivity contribution in [2.75, 3.05) is 13.2 Å². The van der Waals surface area contributed by atoms with Crippen LogP contribution in [-0.4, -0.2) is 25.2 Å². The summed E-state index contributed by atoms with van der Waals surface area (Å²) in [6.07, 6.45) is 0.0170. The summed E-state index contributed by atoms with van der Waals surface area (Å²) in [5, 5.41) is 2.87. The summed E-state index contributed by atoms with van der Waals surface area (Å²) in [5.41, 5.74) is 1.92. The van der Waals surface area contributed by atoms with Crippen LogP contribution in [0.5, 0.6) is 11.5 Å². The first-order chi connectivity index (χ1) is 12.3. The minimum atomic E-state index is -0.159. The lowest BCUT2D eigenvalue weighted by Gasteiger charge is -2.19. The van der Waals surface area contributed by atoms with E-state index < -0.39 is 0 Å². The Morgan fingerprint density at radius 3 is 2.31 bits per heavy atom. The van der Waals surface area contributed by atoms with Gasteiger partial charge in [-0.05, 0) is 49.1 Å². The van der Waals surface area contributed by atoms with Crippen LogP contribution in [0, 0.1) is 0 Å². The molecule has 4 nitrogen and oxygen atoms in total. The Kier molecular flexibility index (Phi) is 6.67. The van der Waals surface area contributed by atoms with Crippen LogP contribution < -0.4 is 14.8 Å². The van der Waals surface area contributed by atoms with E-state index in [-0.39, 0.29) is 17.4 Å². The zero-order valence-electron chi connectivity index (χ0n) is 16.3. The van der Waals surface area contributed by atoms with Gasteiger partial charge in [0, 0.05) is 0 Å². The van der Waals surface area contributed by atoms with Crippen LogP contribution in [0.3, 0.4) is 0 Å². The number of ether oxygens (including phenoxy) is 2. The molecule has 0 aliphatic carbocycles. The van der Waals surface area contributed by atoms with Gasteiger partial charge in [-0.25, -0.2) is 0 Å². The highest BCUT2D eigenvalue weighted by atomic mass is 16.5. The Labute approximate surface area is 156 Å². The Balaban J connectivity index is 1.84. The molecule has 0 unspecified atom stereocenters. The predicted octanol–water partition coefficient (Wildman–Crippen LogP) is 4.58. The zero-order valence-corrected chi connectivity index (χ0v) is 16.3. The SMILES string of the molecule is CC(C)Oc1ccccc1C(=O)NCCOc1ccc(C(C)(C)C)cc1. The minimum Gasteiger partial charge on any atom is -0.492 e. The molecule has 0 heterocycles. The molecular weight excluding hydrogens is 326 g/mol. The predicted molar refractivity (Wildman–Crippen MR) is 105 cm³/mol. The maximum absolute atomic E-state index is 12.4. The van der Waals surface area contributed by atoms with Crippen molar-refractivity contribution in [3.05, 3.63) is 59.7 Å². The number of hydrogen-bond acceptors (Lipinski definition) is 3. The van der Waals surface area contributed by atoms with E-state index in [2.05, 4.69) is 38.2 Å². The molecule has 0 bridgehead atoms. The number of para-hydroxylation sites is 1. The molecule has 2 aromatic rings. The molecule has 0 spiro atoms. The third-order valence-electron chi connectivity index (χ3n) is 3.87. The number of benzene rings is 2. The van der Waals surface area contributed by atoms with E-state index in [1.165, 1.54) is 5.56 Å². The van der Waals surface area contributed by atoms with Crippen molar-refractivity contribution in [2.45, 2.75) is 46.1 Å². The van der Waals surface area contributed by atoms with E-state index in [1.807, 2.05) is 44.2 Å². The first-order valence-electron chi connectivity index (χ1n) is 9.04. The molecule has 1 amide bonds. The van der Waals surface area contributed by atoms with Crippen molar-refractivity contribution in [3.63, 3.8) is 0 Å². The molecule has 26 heavy (non-hydrogen) atoms. The molecule has 0 radical (unpaired) electrons. The molecule has 0 saturated heterocycles. The third kappa shape index (κ3) is 5.80. The van der Waals surface area contributed by atoms with Crippen LogP contribution in [0.15, 0.2) is 48.5 Å². The lowest BCUT2D eigenvalue weighted by molar-refractivity contribution is 0.0941. The average Bonchev–Trinajstić information content (AvgIpc) is 2.58. The Bertz CT molecular complexity index is 715. The van der Waals surface area contributed by atoms with E-state index in [9.17, 15) is 4.79 Å². The summed E-state index contributed by atoms with van der Waals surface area (Å²) < 4.78 is 11.4. The lowest BCUT2D eigenvalue weighted by Crippen LogP contribution is -2.28. The standard InChI is InChI=1S/C22H29NO3/c1-16(2)26-20-9-7-6-8-19(20)21(24)23-14-15-25-18-12-10-17(11-13-18)22(3,4)5/h6-13,16H,14-15H2,1-5H3,(H,23,24). The Hall–Kier alpha value is -2.49. The van der Waals surface area contributed by atoms with E-state index in [0.29, 0.717) is 24.5 Å². The maximum atomic E-state index is 12.4. The second-order valence-electron chi connectivity index (χ2n) is 7.54. The van der Waals surface area contributed by atoms with Gasteiger partial charge in [0.05, 0.1) is 18.2 Å². The van der Waals surface area contributed by atoms with Gasteiger partial charge in [0.15, 0.2) is 0 Å². The monoisotopic (exact) mass is 355 g/mol. The number of nitrogens with one attached hydrogen (secondary N) is 1. The van der Waals surface area contributed by atoms with Crippen LogP contribution in [0.1, 0.15) is 50.5 Å². The molecule has 0 aliphatic rings. The minimum absolute atomic E-state index is 0.0170. The highest BCUT2D eigenvalue weighted by molar-refractivity contribution is 5.96. The van der Waals surface area contributed by atoms with Gasteiger partial charge in [0.25, 0.3) is 5.91 Å². The van der Waals surface area contributed by atoms with Crippen LogP contribution in [-0.2, 0) is 5.41 Å². The molecule has 2 aromatic carbocycles. The maximum Gasteiger partial charge on any atom is 0.255 e. The molecule has 0 saturated carbocycles. The molecule has 2 rings (SSSR count). The van der Waals surface area contributed by atoms with Crippen molar-refractivity contribution in [1.29, 1.82) is 0 Å². The molecule has 0 aromatic heterocycles. The van der Waals surface area contributed by atoms with Gasteiger partial charge in [-0.15, -0.1) is 0 Å². The van der Waals surface area contributed by atoms with Crippen LogP contribution >= 0.6 is 0 Å². The molecule has 0 fully saturated rings. The van der Waals surface area contributed by atoms with Crippen molar-refractivity contribution in [1.82, 2.24) is 5.32 Å². The van der Waals surface area contributed by atoms with Gasteiger partial charge in [-0.1, -0.05) is 45.0 Å². The molecule has 4 heteroatoms. The third-order valence-corrected chi connectivity index (χ3v) is 3.87. The number of amides is 1.